The van der Waals surface area contributed by atoms with Gasteiger partial charge in [-0.3, -0.25) is 0 Å². The van der Waals surface area contributed by atoms with Gasteiger partial charge in [0.2, 0.25) is 0 Å². The molecule has 0 aromatic carbocycles. The Labute approximate surface area is 77.1 Å². The minimum atomic E-state index is 1.30. The molecule has 1 heteroatoms. The lowest BCUT2D eigenvalue weighted by atomic mass is 10.1. The van der Waals surface area contributed by atoms with Crippen molar-refractivity contribution in [3.05, 3.63) is 6.42 Å². The lowest BCUT2D eigenvalue weighted by molar-refractivity contribution is 0.225. The smallest absolute Gasteiger partial charge is 0.00187 e. The number of unbranched alkanes of at least 4 members (excludes halogenated alkanes) is 3. The molecule has 0 bridgehead atoms. The van der Waals surface area contributed by atoms with Crippen molar-refractivity contribution < 1.29 is 0 Å². The van der Waals surface area contributed by atoms with E-state index in [1.807, 2.05) is 0 Å². The quantitative estimate of drug-likeness (QED) is 0.571. The molecular weight excluding hydrogens is 146 g/mol. The van der Waals surface area contributed by atoms with E-state index in [9.17, 15) is 0 Å². The van der Waals surface area contributed by atoms with Crippen molar-refractivity contribution in [2.24, 2.45) is 0 Å². The highest BCUT2D eigenvalue weighted by Crippen LogP contribution is 2.09. The minimum Gasteiger partial charge on any atom is -0.303 e. The summed E-state index contributed by atoms with van der Waals surface area (Å²) in [5.41, 5.74) is 0. The summed E-state index contributed by atoms with van der Waals surface area (Å²) in [5.74, 6) is 0. The first-order chi connectivity index (χ1) is 5.93. The topological polar surface area (TPSA) is 3.24 Å². The normalized spacial score (nSPS) is 19.8. The number of nitrogens with zero attached hydrogens (tertiary/aromatic N) is 1. The average Bonchev–Trinajstić information content (AvgIpc) is 2.14. The third-order valence-corrected chi connectivity index (χ3v) is 2.67. The monoisotopic (exact) mass is 168 g/mol. The maximum atomic E-state index is 2.62. The highest BCUT2D eigenvalue weighted by molar-refractivity contribution is 4.65. The lowest BCUT2D eigenvalue weighted by Gasteiger charge is -2.26. The molecule has 1 aliphatic heterocycles. The van der Waals surface area contributed by atoms with Gasteiger partial charge in [-0.05, 0) is 45.3 Å². The van der Waals surface area contributed by atoms with E-state index < -0.39 is 0 Å². The zero-order valence-corrected chi connectivity index (χ0v) is 8.39. The van der Waals surface area contributed by atoms with Crippen LogP contribution >= 0.6 is 0 Å². The van der Waals surface area contributed by atoms with E-state index >= 15 is 0 Å². The molecule has 0 aromatic heterocycles. The van der Waals surface area contributed by atoms with Crippen molar-refractivity contribution in [2.75, 3.05) is 19.6 Å². The predicted molar refractivity (Wildman–Crippen MR) is 54.1 cm³/mol. The predicted octanol–water partition coefficient (Wildman–Crippen LogP) is 2.87. The molecule has 0 amide bonds. The van der Waals surface area contributed by atoms with Crippen LogP contribution < -0.4 is 0 Å². The fourth-order valence-corrected chi connectivity index (χ4v) is 1.87. The first-order valence-corrected chi connectivity index (χ1v) is 5.43. The summed E-state index contributed by atoms with van der Waals surface area (Å²) in [6.45, 7) is 6.21. The van der Waals surface area contributed by atoms with Crippen molar-refractivity contribution in [3.8, 4) is 0 Å². The molecule has 1 heterocycles. The van der Waals surface area contributed by atoms with E-state index in [0.29, 0.717) is 0 Å². The van der Waals surface area contributed by atoms with Gasteiger partial charge in [-0.2, -0.15) is 0 Å². The van der Waals surface area contributed by atoms with Gasteiger partial charge in [-0.25, -0.2) is 0 Å². The number of likely N-dealkylation sites (tertiary alicyclic amines) is 1. The van der Waals surface area contributed by atoms with Crippen LogP contribution in [0, 0.1) is 6.42 Å². The molecular formula is C11H22N. The number of rotatable bonds is 5. The van der Waals surface area contributed by atoms with E-state index in [1.54, 1.807) is 0 Å². The van der Waals surface area contributed by atoms with Crippen molar-refractivity contribution in [3.63, 3.8) is 0 Å². The Morgan fingerprint density at radius 2 is 1.83 bits per heavy atom. The molecule has 0 saturated carbocycles. The molecule has 0 N–H and O–H groups in total. The van der Waals surface area contributed by atoms with Gasteiger partial charge in [0.15, 0.2) is 0 Å². The van der Waals surface area contributed by atoms with Crippen LogP contribution in [-0.4, -0.2) is 24.5 Å². The van der Waals surface area contributed by atoms with Gasteiger partial charge >= 0.3 is 0 Å². The second-order valence-electron chi connectivity index (χ2n) is 3.81. The number of hydrogen-bond acceptors (Lipinski definition) is 1. The highest BCUT2D eigenvalue weighted by Gasteiger charge is 2.08. The van der Waals surface area contributed by atoms with Crippen LogP contribution in [0.15, 0.2) is 0 Å². The van der Waals surface area contributed by atoms with Gasteiger partial charge in [0, 0.05) is 0 Å². The maximum absolute atomic E-state index is 2.62. The van der Waals surface area contributed by atoms with Crippen LogP contribution in [0.25, 0.3) is 0 Å². The van der Waals surface area contributed by atoms with Gasteiger partial charge in [0.1, 0.15) is 0 Å². The maximum Gasteiger partial charge on any atom is -0.00187 e. The molecule has 0 unspecified atom stereocenters. The van der Waals surface area contributed by atoms with Gasteiger partial charge in [-0.1, -0.05) is 26.2 Å². The van der Waals surface area contributed by atoms with Crippen LogP contribution in [0.1, 0.15) is 45.4 Å². The lowest BCUT2D eigenvalue weighted by Crippen LogP contribution is -2.30. The SMILES string of the molecule is C[CH]CCCCN1CCCCC1. The summed E-state index contributed by atoms with van der Waals surface area (Å²) in [7, 11) is 0. The Morgan fingerprint density at radius 1 is 1.08 bits per heavy atom. The number of piperidine rings is 1. The standard InChI is InChI=1S/C11H22N/c1-2-3-4-6-9-12-10-7-5-8-11-12/h2H,3-11H2,1H3. The van der Waals surface area contributed by atoms with Crippen LogP contribution in [-0.2, 0) is 0 Å². The Kier molecular flexibility index (Phi) is 5.42. The summed E-state index contributed by atoms with van der Waals surface area (Å²) < 4.78 is 0. The Bertz CT molecular complexity index is 95.2. The largest absolute Gasteiger partial charge is 0.303 e. The fourth-order valence-electron chi connectivity index (χ4n) is 1.87. The third-order valence-electron chi connectivity index (χ3n) is 2.67. The van der Waals surface area contributed by atoms with E-state index in [1.165, 1.54) is 58.2 Å². The Morgan fingerprint density at radius 3 is 2.50 bits per heavy atom. The molecule has 0 aliphatic carbocycles. The van der Waals surface area contributed by atoms with E-state index in [4.69, 9.17) is 0 Å². The summed E-state index contributed by atoms with van der Waals surface area (Å²) in [6.07, 6.45) is 10.7. The molecule has 12 heavy (non-hydrogen) atoms. The molecule has 0 aromatic rings. The number of hydrogen-bond donors (Lipinski definition) is 0. The van der Waals surface area contributed by atoms with E-state index in [0.717, 1.165) is 0 Å². The van der Waals surface area contributed by atoms with Crippen molar-refractivity contribution >= 4 is 0 Å². The highest BCUT2D eigenvalue weighted by atomic mass is 15.1. The first kappa shape index (κ1) is 10.0. The van der Waals surface area contributed by atoms with Gasteiger partial charge < -0.3 is 4.90 Å². The van der Waals surface area contributed by atoms with Gasteiger partial charge in [-0.15, -0.1) is 0 Å². The zero-order valence-electron chi connectivity index (χ0n) is 8.39. The summed E-state index contributed by atoms with van der Waals surface area (Å²) >= 11 is 0. The van der Waals surface area contributed by atoms with E-state index in [2.05, 4.69) is 18.2 Å². The minimum absolute atomic E-state index is 1.30. The third kappa shape index (κ3) is 4.10. The van der Waals surface area contributed by atoms with Crippen molar-refractivity contribution in [1.29, 1.82) is 0 Å². The molecule has 0 spiro atoms. The molecule has 1 fully saturated rings. The van der Waals surface area contributed by atoms with Crippen molar-refractivity contribution in [2.45, 2.75) is 45.4 Å². The molecule has 0 atom stereocenters. The van der Waals surface area contributed by atoms with Crippen LogP contribution in [0.4, 0.5) is 0 Å². The second kappa shape index (κ2) is 6.47. The van der Waals surface area contributed by atoms with Gasteiger partial charge in [0.05, 0.1) is 0 Å². The molecule has 1 nitrogen and oxygen atoms in total. The molecule has 1 saturated heterocycles. The molecule has 71 valence electrons. The van der Waals surface area contributed by atoms with Gasteiger partial charge in [0.25, 0.3) is 0 Å². The summed E-state index contributed by atoms with van der Waals surface area (Å²) in [6, 6.07) is 0. The summed E-state index contributed by atoms with van der Waals surface area (Å²) in [4.78, 5) is 2.62. The zero-order chi connectivity index (χ0) is 8.65. The Hall–Kier alpha value is -0.0400. The van der Waals surface area contributed by atoms with Crippen LogP contribution in [0.5, 0.6) is 0 Å². The molecule has 1 aliphatic rings. The summed E-state index contributed by atoms with van der Waals surface area (Å²) in [5, 5.41) is 0. The first-order valence-electron chi connectivity index (χ1n) is 5.43. The van der Waals surface area contributed by atoms with E-state index in [-0.39, 0.29) is 0 Å². The Balaban J connectivity index is 1.91. The molecule has 1 rings (SSSR count). The fraction of sp³-hybridized carbons (Fsp3) is 0.909. The van der Waals surface area contributed by atoms with Crippen molar-refractivity contribution in [1.82, 2.24) is 4.90 Å². The van der Waals surface area contributed by atoms with Crippen LogP contribution in [0.2, 0.25) is 0 Å². The average molecular weight is 168 g/mol. The molecule has 1 radical (unpaired) electrons. The van der Waals surface area contributed by atoms with Crippen LogP contribution in [0.3, 0.4) is 0 Å². The second-order valence-corrected chi connectivity index (χ2v) is 3.81.